The number of halogens is 2. The average Bonchev–Trinajstić information content (AvgIpc) is 3.52. The molecule has 1 aliphatic rings. The number of aromatic nitrogens is 5. The largest absolute Gasteiger partial charge is 0.347 e. The van der Waals surface area contributed by atoms with Crippen LogP contribution in [0.1, 0.15) is 28.9 Å². The molecular formula is C21H23F2N7O2. The summed E-state index contributed by atoms with van der Waals surface area (Å²) in [5, 5.41) is 10.5. The van der Waals surface area contributed by atoms with Crippen LogP contribution in [-0.4, -0.2) is 59.8 Å². The van der Waals surface area contributed by atoms with Gasteiger partial charge in [0, 0.05) is 38.3 Å². The normalized spacial score (nSPS) is 17.4. The number of imidazole rings is 1. The van der Waals surface area contributed by atoms with Crippen molar-refractivity contribution >= 4 is 11.8 Å². The Morgan fingerprint density at radius 1 is 1.22 bits per heavy atom. The monoisotopic (exact) mass is 443 g/mol. The summed E-state index contributed by atoms with van der Waals surface area (Å²) in [6.45, 7) is 0.105. The molecule has 4 rings (SSSR count). The fourth-order valence-electron chi connectivity index (χ4n) is 3.72. The SMILES string of the molecule is O=C(NCc1ccccc1)c1cn(C[C@@H]2CC(F)(F)CN2C(=O)CCn2ccnc2)nn1. The quantitative estimate of drug-likeness (QED) is 0.572. The van der Waals surface area contributed by atoms with Gasteiger partial charge in [-0.3, -0.25) is 9.59 Å². The lowest BCUT2D eigenvalue weighted by Gasteiger charge is -2.23. The molecule has 1 saturated heterocycles. The molecule has 0 spiro atoms. The lowest BCUT2D eigenvalue weighted by molar-refractivity contribution is -0.133. The Labute approximate surface area is 183 Å². The number of carbonyl (C=O) groups excluding carboxylic acids is 2. The Bertz CT molecular complexity index is 1050. The zero-order chi connectivity index (χ0) is 22.6. The molecule has 9 nitrogen and oxygen atoms in total. The zero-order valence-corrected chi connectivity index (χ0v) is 17.3. The van der Waals surface area contributed by atoms with Gasteiger partial charge in [0.05, 0.1) is 31.7 Å². The van der Waals surface area contributed by atoms with Gasteiger partial charge in [-0.1, -0.05) is 35.5 Å². The van der Waals surface area contributed by atoms with E-state index in [1.54, 1.807) is 23.3 Å². The molecule has 3 heterocycles. The maximum absolute atomic E-state index is 14.1. The van der Waals surface area contributed by atoms with Crippen LogP contribution in [0.25, 0.3) is 0 Å². The van der Waals surface area contributed by atoms with Crippen molar-refractivity contribution in [3.05, 3.63) is 66.5 Å². The van der Waals surface area contributed by atoms with Gasteiger partial charge in [-0.2, -0.15) is 0 Å². The summed E-state index contributed by atoms with van der Waals surface area (Å²) in [4.78, 5) is 30.0. The molecule has 11 heteroatoms. The van der Waals surface area contributed by atoms with Crippen LogP contribution in [-0.2, 0) is 24.4 Å². The number of likely N-dealkylation sites (tertiary alicyclic amines) is 1. The Morgan fingerprint density at radius 3 is 2.78 bits per heavy atom. The van der Waals surface area contributed by atoms with E-state index in [4.69, 9.17) is 0 Å². The van der Waals surface area contributed by atoms with E-state index in [2.05, 4.69) is 20.6 Å². The molecule has 168 valence electrons. The highest BCUT2D eigenvalue weighted by molar-refractivity contribution is 5.91. The first-order valence-corrected chi connectivity index (χ1v) is 10.2. The molecule has 1 atom stereocenters. The summed E-state index contributed by atoms with van der Waals surface area (Å²) >= 11 is 0. The lowest BCUT2D eigenvalue weighted by Crippen LogP contribution is -2.39. The number of alkyl halides is 2. The van der Waals surface area contributed by atoms with E-state index in [-0.39, 0.29) is 24.6 Å². The summed E-state index contributed by atoms with van der Waals surface area (Å²) < 4.78 is 31.2. The fraction of sp³-hybridized carbons (Fsp3) is 0.381. The second-order valence-corrected chi connectivity index (χ2v) is 7.78. The number of nitrogens with one attached hydrogen (secondary N) is 1. The third-order valence-electron chi connectivity index (χ3n) is 5.31. The second kappa shape index (κ2) is 9.25. The van der Waals surface area contributed by atoms with Crippen LogP contribution in [0.3, 0.4) is 0 Å². The number of rotatable bonds is 8. The van der Waals surface area contributed by atoms with E-state index in [1.165, 1.54) is 15.8 Å². The predicted octanol–water partition coefficient (Wildman–Crippen LogP) is 1.73. The number of amides is 2. The molecule has 1 N–H and O–H groups in total. The maximum Gasteiger partial charge on any atom is 0.273 e. The Morgan fingerprint density at radius 2 is 2.03 bits per heavy atom. The predicted molar refractivity (Wildman–Crippen MR) is 110 cm³/mol. The van der Waals surface area contributed by atoms with Crippen LogP contribution in [0.5, 0.6) is 0 Å². The minimum absolute atomic E-state index is 0.0331. The molecule has 1 aliphatic heterocycles. The van der Waals surface area contributed by atoms with Gasteiger partial charge < -0.3 is 14.8 Å². The fourth-order valence-corrected chi connectivity index (χ4v) is 3.72. The molecule has 0 radical (unpaired) electrons. The molecule has 0 aliphatic carbocycles. The molecule has 2 amide bonds. The second-order valence-electron chi connectivity index (χ2n) is 7.78. The third-order valence-corrected chi connectivity index (χ3v) is 5.31. The standard InChI is InChI=1S/C21H23F2N7O2/c22-21(23)10-17(30(14-21)19(31)6-8-28-9-7-24-15-28)12-29-13-18(26-27-29)20(32)25-11-16-4-2-1-3-5-16/h1-5,7,9,13,15,17H,6,8,10-12,14H2,(H,25,32)/t17-/m0/s1. The first-order chi connectivity index (χ1) is 15.4. The van der Waals surface area contributed by atoms with E-state index in [0.29, 0.717) is 13.1 Å². The summed E-state index contributed by atoms with van der Waals surface area (Å²) in [6, 6.07) is 8.66. The van der Waals surface area contributed by atoms with Gasteiger partial charge in [-0.15, -0.1) is 5.10 Å². The number of benzene rings is 1. The van der Waals surface area contributed by atoms with Crippen molar-refractivity contribution in [2.45, 2.75) is 44.4 Å². The van der Waals surface area contributed by atoms with Gasteiger partial charge in [0.15, 0.2) is 5.69 Å². The van der Waals surface area contributed by atoms with Crippen LogP contribution in [0.2, 0.25) is 0 Å². The number of hydrogen-bond donors (Lipinski definition) is 1. The van der Waals surface area contributed by atoms with Gasteiger partial charge >= 0.3 is 0 Å². The highest BCUT2D eigenvalue weighted by Gasteiger charge is 2.46. The van der Waals surface area contributed by atoms with Gasteiger partial charge in [0.1, 0.15) is 0 Å². The van der Waals surface area contributed by atoms with Crippen LogP contribution in [0.4, 0.5) is 8.78 Å². The minimum atomic E-state index is -2.97. The Kier molecular flexibility index (Phi) is 6.24. The van der Waals surface area contributed by atoms with Gasteiger partial charge in [0.25, 0.3) is 11.8 Å². The molecule has 0 saturated carbocycles. The summed E-state index contributed by atoms with van der Waals surface area (Å²) in [5.74, 6) is -3.74. The summed E-state index contributed by atoms with van der Waals surface area (Å²) in [7, 11) is 0. The molecule has 0 unspecified atom stereocenters. The van der Waals surface area contributed by atoms with Crippen molar-refractivity contribution in [1.29, 1.82) is 0 Å². The first-order valence-electron chi connectivity index (χ1n) is 10.2. The minimum Gasteiger partial charge on any atom is -0.347 e. The number of hydrogen-bond acceptors (Lipinski definition) is 5. The summed E-state index contributed by atoms with van der Waals surface area (Å²) in [5.41, 5.74) is 1.02. The molecular weight excluding hydrogens is 420 g/mol. The number of carbonyl (C=O) groups is 2. The van der Waals surface area contributed by atoms with E-state index in [9.17, 15) is 18.4 Å². The van der Waals surface area contributed by atoms with Crippen LogP contribution in [0.15, 0.2) is 55.2 Å². The number of nitrogens with zero attached hydrogens (tertiary/aromatic N) is 6. The third kappa shape index (κ3) is 5.34. The van der Waals surface area contributed by atoms with Crippen LogP contribution >= 0.6 is 0 Å². The molecule has 0 bridgehead atoms. The molecule has 32 heavy (non-hydrogen) atoms. The van der Waals surface area contributed by atoms with Crippen molar-refractivity contribution < 1.29 is 18.4 Å². The molecule has 1 aromatic carbocycles. The van der Waals surface area contributed by atoms with E-state index in [1.807, 2.05) is 30.3 Å². The highest BCUT2D eigenvalue weighted by Crippen LogP contribution is 2.33. The first kappa shape index (κ1) is 21.6. The van der Waals surface area contributed by atoms with Gasteiger partial charge in [-0.25, -0.2) is 18.4 Å². The van der Waals surface area contributed by atoms with Crippen molar-refractivity contribution in [1.82, 2.24) is 34.8 Å². The van der Waals surface area contributed by atoms with E-state index >= 15 is 0 Å². The van der Waals surface area contributed by atoms with Crippen molar-refractivity contribution in [2.75, 3.05) is 6.54 Å². The van der Waals surface area contributed by atoms with E-state index in [0.717, 1.165) is 5.56 Å². The average molecular weight is 443 g/mol. The topological polar surface area (TPSA) is 97.9 Å². The Hall–Kier alpha value is -3.63. The van der Waals surface area contributed by atoms with E-state index < -0.39 is 30.8 Å². The van der Waals surface area contributed by atoms with Crippen molar-refractivity contribution in [3.63, 3.8) is 0 Å². The van der Waals surface area contributed by atoms with Gasteiger partial charge in [0.2, 0.25) is 5.91 Å². The van der Waals surface area contributed by atoms with Crippen molar-refractivity contribution in [3.8, 4) is 0 Å². The molecule has 2 aromatic heterocycles. The maximum atomic E-state index is 14.1. The van der Waals surface area contributed by atoms with Crippen molar-refractivity contribution in [2.24, 2.45) is 0 Å². The number of aryl methyl sites for hydroxylation is 1. The van der Waals surface area contributed by atoms with Crippen LogP contribution < -0.4 is 5.32 Å². The van der Waals surface area contributed by atoms with Gasteiger partial charge in [-0.05, 0) is 5.56 Å². The molecule has 1 fully saturated rings. The Balaban J connectivity index is 1.35. The highest BCUT2D eigenvalue weighted by atomic mass is 19.3. The molecule has 3 aromatic rings. The smallest absolute Gasteiger partial charge is 0.273 e. The van der Waals surface area contributed by atoms with Crippen LogP contribution in [0, 0.1) is 0 Å². The zero-order valence-electron chi connectivity index (χ0n) is 17.3. The summed E-state index contributed by atoms with van der Waals surface area (Å²) in [6.07, 6.45) is 5.92. The lowest BCUT2D eigenvalue weighted by atomic mass is 10.2.